The third kappa shape index (κ3) is 5.18. The van der Waals surface area contributed by atoms with Gasteiger partial charge in [-0.2, -0.15) is 0 Å². The number of nitrogens with zero attached hydrogens (tertiary/aromatic N) is 2. The van der Waals surface area contributed by atoms with Gasteiger partial charge in [-0.15, -0.1) is 0 Å². The van der Waals surface area contributed by atoms with Crippen LogP contribution in [0.3, 0.4) is 0 Å². The van der Waals surface area contributed by atoms with E-state index in [4.69, 9.17) is 0 Å². The maximum absolute atomic E-state index is 13.1. The van der Waals surface area contributed by atoms with Gasteiger partial charge in [0.15, 0.2) is 0 Å². The van der Waals surface area contributed by atoms with E-state index >= 15 is 0 Å². The average Bonchev–Trinajstić information content (AvgIpc) is 3.12. The van der Waals surface area contributed by atoms with Crippen LogP contribution in [-0.4, -0.2) is 72.7 Å². The molecule has 4 heterocycles. The first-order chi connectivity index (χ1) is 18.3. The molecular formula is C26H32N6O6. The van der Waals surface area contributed by atoms with Gasteiger partial charge in [0.25, 0.3) is 11.8 Å². The lowest BCUT2D eigenvalue weighted by molar-refractivity contribution is -0.125. The summed E-state index contributed by atoms with van der Waals surface area (Å²) in [6.07, 6.45) is 4.49. The van der Waals surface area contributed by atoms with E-state index in [1.807, 2.05) is 0 Å². The summed E-state index contributed by atoms with van der Waals surface area (Å²) in [6.45, 7) is 1.20. The van der Waals surface area contributed by atoms with E-state index in [0.717, 1.165) is 35.5 Å². The molecule has 0 bridgehead atoms. The first-order valence-electron chi connectivity index (χ1n) is 13.2. The summed E-state index contributed by atoms with van der Waals surface area (Å²) in [5.41, 5.74) is 0.643. The minimum atomic E-state index is -0.800. The molecule has 4 unspecified atom stereocenters. The van der Waals surface area contributed by atoms with Crippen LogP contribution in [0, 0.1) is 0 Å². The van der Waals surface area contributed by atoms with Crippen molar-refractivity contribution < 1.29 is 28.8 Å². The van der Waals surface area contributed by atoms with Gasteiger partial charge in [-0.1, -0.05) is 0 Å². The van der Waals surface area contributed by atoms with Gasteiger partial charge in [0.1, 0.15) is 0 Å². The third-order valence-electron chi connectivity index (χ3n) is 7.53. The minimum absolute atomic E-state index is 0.0600. The zero-order valence-corrected chi connectivity index (χ0v) is 21.0. The number of carbonyl (C=O) groups is 6. The molecule has 12 nitrogen and oxygen atoms in total. The van der Waals surface area contributed by atoms with E-state index < -0.39 is 47.8 Å². The molecule has 0 saturated carbocycles. The molecule has 0 aliphatic carbocycles. The molecular weight excluding hydrogens is 492 g/mol. The molecule has 38 heavy (non-hydrogen) atoms. The highest BCUT2D eigenvalue weighted by atomic mass is 16.2. The summed E-state index contributed by atoms with van der Waals surface area (Å²) < 4.78 is 0. The Labute approximate surface area is 219 Å². The van der Waals surface area contributed by atoms with Crippen molar-refractivity contribution in [2.45, 2.75) is 75.5 Å². The average molecular weight is 525 g/mol. The third-order valence-corrected chi connectivity index (χ3v) is 7.53. The van der Waals surface area contributed by atoms with Crippen molar-refractivity contribution in [1.82, 2.24) is 21.3 Å². The maximum Gasteiger partial charge on any atom is 0.251 e. The first-order valence-corrected chi connectivity index (χ1v) is 13.2. The molecule has 4 atom stereocenters. The number of rotatable bonds is 6. The van der Waals surface area contributed by atoms with Gasteiger partial charge in [0.2, 0.25) is 23.6 Å². The molecule has 1 aromatic rings. The van der Waals surface area contributed by atoms with E-state index in [2.05, 4.69) is 21.3 Å². The summed E-state index contributed by atoms with van der Waals surface area (Å²) in [6, 6.07) is 3.42. The molecule has 1 aromatic carbocycles. The molecule has 0 aromatic heterocycles. The van der Waals surface area contributed by atoms with Crippen molar-refractivity contribution in [3.8, 4) is 0 Å². The summed E-state index contributed by atoms with van der Waals surface area (Å²) in [5.74, 6) is -2.02. The van der Waals surface area contributed by atoms with Gasteiger partial charge in [-0.3, -0.25) is 39.4 Å². The lowest BCUT2D eigenvalue weighted by Gasteiger charge is -2.21. The first kappa shape index (κ1) is 26.0. The topological polar surface area (TPSA) is 157 Å². The Morgan fingerprint density at radius 3 is 1.37 bits per heavy atom. The zero-order chi connectivity index (χ0) is 26.8. The van der Waals surface area contributed by atoms with E-state index in [1.165, 1.54) is 24.3 Å². The highest BCUT2D eigenvalue weighted by molar-refractivity contribution is 6.24. The highest BCUT2D eigenvalue weighted by Crippen LogP contribution is 2.29. The van der Waals surface area contributed by atoms with Crippen LogP contribution in [0.25, 0.3) is 0 Å². The molecule has 0 spiro atoms. The number of benzene rings is 1. The minimum Gasteiger partial charge on any atom is -0.355 e. The Hall–Kier alpha value is -3.64. The van der Waals surface area contributed by atoms with Crippen LogP contribution < -0.4 is 31.1 Å². The van der Waals surface area contributed by atoms with Gasteiger partial charge < -0.3 is 10.6 Å². The van der Waals surface area contributed by atoms with Crippen LogP contribution in [0.2, 0.25) is 0 Å². The number of carbonyl (C=O) groups excluding carboxylic acids is 6. The highest BCUT2D eigenvalue weighted by Gasteiger charge is 2.43. The van der Waals surface area contributed by atoms with Crippen LogP contribution in [0.5, 0.6) is 0 Å². The van der Waals surface area contributed by atoms with Crippen LogP contribution >= 0.6 is 0 Å². The van der Waals surface area contributed by atoms with E-state index in [9.17, 15) is 28.8 Å². The van der Waals surface area contributed by atoms with Crippen molar-refractivity contribution in [3.05, 3.63) is 24.3 Å². The van der Waals surface area contributed by atoms with Crippen LogP contribution in [0.15, 0.2) is 24.3 Å². The Morgan fingerprint density at radius 2 is 0.974 bits per heavy atom. The van der Waals surface area contributed by atoms with E-state index in [0.29, 0.717) is 37.3 Å². The summed E-state index contributed by atoms with van der Waals surface area (Å²) >= 11 is 0. The number of amides is 6. The SMILES string of the molecule is O=C1NCCCCC1NC1CC(=O)N(c2ccc(N3C(=O)CC(NC4CCCCNC4=O)C3=O)cc2)C1=O. The largest absolute Gasteiger partial charge is 0.355 e. The predicted molar refractivity (Wildman–Crippen MR) is 136 cm³/mol. The molecule has 4 fully saturated rings. The fourth-order valence-corrected chi connectivity index (χ4v) is 5.50. The fourth-order valence-electron chi connectivity index (χ4n) is 5.50. The second kappa shape index (κ2) is 11.0. The van der Waals surface area contributed by atoms with Gasteiger partial charge >= 0.3 is 0 Å². The van der Waals surface area contributed by atoms with Crippen molar-refractivity contribution in [1.29, 1.82) is 0 Å². The molecule has 4 N–H and O–H groups in total. The van der Waals surface area contributed by atoms with Gasteiger partial charge in [0.05, 0.1) is 48.4 Å². The van der Waals surface area contributed by atoms with Crippen molar-refractivity contribution in [2.24, 2.45) is 0 Å². The fraction of sp³-hybridized carbons (Fsp3) is 0.538. The summed E-state index contributed by atoms with van der Waals surface area (Å²) in [4.78, 5) is 78.2. The molecule has 0 radical (unpaired) electrons. The number of imide groups is 2. The lowest BCUT2D eigenvalue weighted by Crippen LogP contribution is -2.50. The van der Waals surface area contributed by atoms with Gasteiger partial charge in [-0.25, -0.2) is 9.80 Å². The molecule has 202 valence electrons. The van der Waals surface area contributed by atoms with Gasteiger partial charge in [0, 0.05) is 13.1 Å². The predicted octanol–water partition coefficient (Wildman–Crippen LogP) is -0.533. The Bertz CT molecular complexity index is 1060. The molecule has 5 rings (SSSR count). The summed E-state index contributed by atoms with van der Waals surface area (Å²) in [7, 11) is 0. The zero-order valence-electron chi connectivity index (χ0n) is 21.0. The van der Waals surface area contributed by atoms with Crippen molar-refractivity contribution in [2.75, 3.05) is 22.9 Å². The van der Waals surface area contributed by atoms with E-state index in [-0.39, 0.29) is 24.7 Å². The molecule has 6 amide bonds. The Balaban J connectivity index is 1.25. The number of anilines is 2. The monoisotopic (exact) mass is 524 g/mol. The molecule has 12 heteroatoms. The van der Waals surface area contributed by atoms with Crippen molar-refractivity contribution >= 4 is 46.8 Å². The Kier molecular flexibility index (Phi) is 7.52. The number of hydrogen-bond acceptors (Lipinski definition) is 8. The molecule has 4 aliphatic rings. The maximum atomic E-state index is 13.1. The molecule has 4 aliphatic heterocycles. The van der Waals surface area contributed by atoms with E-state index in [1.54, 1.807) is 0 Å². The second-order valence-corrected chi connectivity index (χ2v) is 10.2. The van der Waals surface area contributed by atoms with Crippen LogP contribution in [0.4, 0.5) is 11.4 Å². The number of hydrogen-bond donors (Lipinski definition) is 4. The van der Waals surface area contributed by atoms with Crippen LogP contribution in [0.1, 0.15) is 51.4 Å². The van der Waals surface area contributed by atoms with Crippen molar-refractivity contribution in [3.63, 3.8) is 0 Å². The van der Waals surface area contributed by atoms with Gasteiger partial charge in [-0.05, 0) is 62.8 Å². The lowest BCUT2D eigenvalue weighted by atomic mass is 10.1. The quantitative estimate of drug-likeness (QED) is 0.362. The summed E-state index contributed by atoms with van der Waals surface area (Å²) in [5, 5.41) is 11.7. The standard InChI is InChI=1S/C26H32N6O6/c33-21-13-19(29-17-5-1-3-11-27-23(17)35)25(37)31(21)15-7-9-16(10-8-15)32-22(34)14-20(26(32)38)30-18-6-2-4-12-28-24(18)36/h7-10,17-20,29-30H,1-6,11-14H2,(H,27,35)(H,28,36). The Morgan fingerprint density at radius 1 is 0.579 bits per heavy atom. The van der Waals surface area contributed by atoms with Crippen LogP contribution in [-0.2, 0) is 28.8 Å². The smallest absolute Gasteiger partial charge is 0.251 e. The number of nitrogens with one attached hydrogen (secondary N) is 4. The second-order valence-electron chi connectivity index (χ2n) is 10.2. The normalized spacial score (nSPS) is 28.8. The molecule has 4 saturated heterocycles.